The third-order valence-corrected chi connectivity index (χ3v) is 6.14. The zero-order valence-electron chi connectivity index (χ0n) is 20.4. The summed E-state index contributed by atoms with van der Waals surface area (Å²) in [7, 11) is 0. The van der Waals surface area contributed by atoms with E-state index in [2.05, 4.69) is 13.8 Å². The maximum absolute atomic E-state index is 14.5. The third-order valence-electron chi connectivity index (χ3n) is 6.14. The fourth-order valence-electron chi connectivity index (χ4n) is 4.02. The highest BCUT2D eigenvalue weighted by Gasteiger charge is 2.18. The molecule has 0 radical (unpaired) electrons. The van der Waals surface area contributed by atoms with E-state index in [9.17, 15) is 13.6 Å². The molecular weight excluding hydrogens is 418 g/mol. The van der Waals surface area contributed by atoms with Crippen molar-refractivity contribution in [3.63, 3.8) is 0 Å². The van der Waals surface area contributed by atoms with Gasteiger partial charge in [0.25, 0.3) is 0 Å². The Morgan fingerprint density at radius 2 is 1.21 bits per heavy atom. The molecule has 182 valence electrons. The van der Waals surface area contributed by atoms with Crippen LogP contribution >= 0.6 is 0 Å². The molecule has 2 aromatic carbocycles. The van der Waals surface area contributed by atoms with E-state index in [4.69, 9.17) is 4.74 Å². The first-order valence-corrected chi connectivity index (χ1v) is 12.8. The number of hydrogen-bond donors (Lipinski definition) is 0. The number of rotatable bonds is 16. The van der Waals surface area contributed by atoms with Crippen LogP contribution in [-0.4, -0.2) is 5.97 Å². The van der Waals surface area contributed by atoms with Crippen molar-refractivity contribution in [2.45, 2.75) is 104 Å². The molecule has 2 nitrogen and oxygen atoms in total. The number of ether oxygens (including phenoxy) is 1. The lowest BCUT2D eigenvalue weighted by Crippen LogP contribution is -2.11. The lowest BCUT2D eigenvalue weighted by atomic mass is 10.0. The summed E-state index contributed by atoms with van der Waals surface area (Å²) in [6.45, 7) is 4.38. The molecule has 0 fully saturated rings. The summed E-state index contributed by atoms with van der Waals surface area (Å²) in [4.78, 5) is 12.4. The van der Waals surface area contributed by atoms with Crippen LogP contribution in [0.1, 0.15) is 112 Å². The van der Waals surface area contributed by atoms with Crippen molar-refractivity contribution in [1.29, 1.82) is 0 Å². The molecule has 0 unspecified atom stereocenters. The summed E-state index contributed by atoms with van der Waals surface area (Å²) < 4.78 is 34.1. The van der Waals surface area contributed by atoms with Gasteiger partial charge < -0.3 is 4.74 Å². The van der Waals surface area contributed by atoms with E-state index < -0.39 is 17.6 Å². The van der Waals surface area contributed by atoms with Crippen molar-refractivity contribution >= 4 is 5.97 Å². The zero-order valence-corrected chi connectivity index (χ0v) is 20.4. The normalized spacial score (nSPS) is 11.0. The van der Waals surface area contributed by atoms with Crippen LogP contribution < -0.4 is 4.74 Å². The van der Waals surface area contributed by atoms with Crippen LogP contribution in [0.15, 0.2) is 36.4 Å². The second-order valence-corrected chi connectivity index (χ2v) is 8.97. The second kappa shape index (κ2) is 15.6. The highest BCUT2D eigenvalue weighted by molar-refractivity contribution is 5.91. The monoisotopic (exact) mass is 458 g/mol. The van der Waals surface area contributed by atoms with Gasteiger partial charge in [-0.2, -0.15) is 4.39 Å². The highest BCUT2D eigenvalue weighted by atomic mass is 19.2. The first kappa shape index (κ1) is 27.0. The number of carbonyl (C=O) groups is 1. The van der Waals surface area contributed by atoms with Gasteiger partial charge >= 0.3 is 5.97 Å². The third kappa shape index (κ3) is 9.65. The Bertz CT molecular complexity index is 830. The SMILES string of the molecule is CCCCCCCCCc1ccc(OC(=O)c2ccc(CCCCCCC)cc2)c(F)c1F. The smallest absolute Gasteiger partial charge is 0.343 e. The first-order chi connectivity index (χ1) is 16.1. The van der Waals surface area contributed by atoms with E-state index in [0.717, 1.165) is 37.7 Å². The Labute approximate surface area is 198 Å². The molecule has 0 bridgehead atoms. The Balaban J connectivity index is 1.83. The number of hydrogen-bond acceptors (Lipinski definition) is 2. The molecule has 0 aliphatic heterocycles. The summed E-state index contributed by atoms with van der Waals surface area (Å²) in [6, 6.07) is 10.1. The number of halogens is 2. The summed E-state index contributed by atoms with van der Waals surface area (Å²) in [5.74, 6) is -3.04. The van der Waals surface area contributed by atoms with Gasteiger partial charge in [-0.25, -0.2) is 9.18 Å². The molecule has 0 aliphatic carbocycles. The zero-order chi connectivity index (χ0) is 23.9. The summed E-state index contributed by atoms with van der Waals surface area (Å²) in [5.41, 5.74) is 1.83. The fraction of sp³-hybridized carbons (Fsp3) is 0.552. The van der Waals surface area contributed by atoms with E-state index in [-0.39, 0.29) is 5.75 Å². The summed E-state index contributed by atoms with van der Waals surface area (Å²) in [5, 5.41) is 0. The summed E-state index contributed by atoms with van der Waals surface area (Å²) >= 11 is 0. The minimum Gasteiger partial charge on any atom is -0.420 e. The molecule has 0 saturated carbocycles. The Morgan fingerprint density at radius 3 is 1.82 bits per heavy atom. The average molecular weight is 459 g/mol. The predicted octanol–water partition coefficient (Wildman–Crippen LogP) is 8.99. The van der Waals surface area contributed by atoms with Gasteiger partial charge in [0, 0.05) is 0 Å². The molecule has 0 saturated heterocycles. The van der Waals surface area contributed by atoms with Crippen molar-refractivity contribution in [2.75, 3.05) is 0 Å². The molecule has 33 heavy (non-hydrogen) atoms. The Hall–Kier alpha value is -2.23. The molecule has 0 aromatic heterocycles. The minimum atomic E-state index is -1.09. The number of aryl methyl sites for hydroxylation is 2. The van der Waals surface area contributed by atoms with Gasteiger partial charge in [-0.3, -0.25) is 0 Å². The molecule has 0 amide bonds. The number of carbonyl (C=O) groups excluding carboxylic acids is 1. The molecule has 0 aliphatic rings. The second-order valence-electron chi connectivity index (χ2n) is 8.97. The van der Waals surface area contributed by atoms with Crippen LogP contribution in [0, 0.1) is 11.6 Å². The van der Waals surface area contributed by atoms with Crippen LogP contribution in [0.5, 0.6) is 5.75 Å². The quantitative estimate of drug-likeness (QED) is 0.142. The fourth-order valence-corrected chi connectivity index (χ4v) is 4.02. The van der Waals surface area contributed by atoms with Gasteiger partial charge in [0.2, 0.25) is 5.82 Å². The lowest BCUT2D eigenvalue weighted by Gasteiger charge is -2.10. The van der Waals surface area contributed by atoms with Crippen LogP contribution in [-0.2, 0) is 12.8 Å². The van der Waals surface area contributed by atoms with Gasteiger partial charge in [-0.05, 0) is 55.0 Å². The van der Waals surface area contributed by atoms with Crippen LogP contribution in [0.4, 0.5) is 8.78 Å². The Morgan fingerprint density at radius 1 is 0.667 bits per heavy atom. The van der Waals surface area contributed by atoms with Crippen LogP contribution in [0.2, 0.25) is 0 Å². The van der Waals surface area contributed by atoms with E-state index in [1.54, 1.807) is 12.1 Å². The lowest BCUT2D eigenvalue weighted by molar-refractivity contribution is 0.0726. The molecule has 0 heterocycles. The van der Waals surface area contributed by atoms with Crippen LogP contribution in [0.25, 0.3) is 0 Å². The summed E-state index contributed by atoms with van der Waals surface area (Å²) in [6.07, 6.45) is 15.4. The number of esters is 1. The molecule has 0 N–H and O–H groups in total. The minimum absolute atomic E-state index is 0.330. The van der Waals surface area contributed by atoms with E-state index >= 15 is 0 Å². The van der Waals surface area contributed by atoms with Crippen molar-refractivity contribution in [1.82, 2.24) is 0 Å². The van der Waals surface area contributed by atoms with E-state index in [1.165, 1.54) is 63.5 Å². The maximum Gasteiger partial charge on any atom is 0.343 e. The van der Waals surface area contributed by atoms with Gasteiger partial charge in [-0.15, -0.1) is 0 Å². The molecule has 0 atom stereocenters. The molecule has 2 rings (SSSR count). The molecular formula is C29H40F2O2. The van der Waals surface area contributed by atoms with Gasteiger partial charge in [0.05, 0.1) is 5.56 Å². The van der Waals surface area contributed by atoms with Crippen molar-refractivity contribution in [2.24, 2.45) is 0 Å². The largest absolute Gasteiger partial charge is 0.420 e. The molecule has 2 aromatic rings. The average Bonchev–Trinajstić information content (AvgIpc) is 2.83. The maximum atomic E-state index is 14.5. The first-order valence-electron chi connectivity index (χ1n) is 12.8. The van der Waals surface area contributed by atoms with Gasteiger partial charge in [0.1, 0.15) is 0 Å². The number of unbranched alkanes of at least 4 members (excludes halogenated alkanes) is 10. The van der Waals surface area contributed by atoms with Crippen LogP contribution in [0.3, 0.4) is 0 Å². The van der Waals surface area contributed by atoms with Crippen molar-refractivity contribution < 1.29 is 18.3 Å². The predicted molar refractivity (Wildman–Crippen MR) is 132 cm³/mol. The van der Waals surface area contributed by atoms with E-state index in [1.807, 2.05) is 12.1 Å². The topological polar surface area (TPSA) is 26.3 Å². The molecule has 0 spiro atoms. The standard InChI is InChI=1S/C29H40F2O2/c1-3-5-7-9-10-12-14-16-24-21-22-26(28(31)27(24)30)33-29(32)25-19-17-23(18-20-25)15-13-11-8-6-4-2/h17-22H,3-16H2,1-2H3. The molecule has 4 heteroatoms. The highest BCUT2D eigenvalue weighted by Crippen LogP contribution is 2.25. The van der Waals surface area contributed by atoms with Crippen molar-refractivity contribution in [3.8, 4) is 5.75 Å². The van der Waals surface area contributed by atoms with Gasteiger partial charge in [-0.1, -0.05) is 96.3 Å². The van der Waals surface area contributed by atoms with Crippen molar-refractivity contribution in [3.05, 3.63) is 64.7 Å². The Kier molecular flexibility index (Phi) is 12.8. The number of benzene rings is 2. The van der Waals surface area contributed by atoms with Gasteiger partial charge in [0.15, 0.2) is 11.6 Å². The van der Waals surface area contributed by atoms with E-state index in [0.29, 0.717) is 17.5 Å².